The first-order valence-electron chi connectivity index (χ1n) is 7.87. The van der Waals surface area contributed by atoms with Crippen LogP contribution in [-0.4, -0.2) is 67.9 Å². The van der Waals surface area contributed by atoms with Gasteiger partial charge in [0.25, 0.3) is 0 Å². The lowest BCUT2D eigenvalue weighted by atomic mass is 10.3. The van der Waals surface area contributed by atoms with E-state index in [2.05, 4.69) is 39.1 Å². The van der Waals surface area contributed by atoms with E-state index < -0.39 is 0 Å². The molecule has 1 aliphatic heterocycles. The van der Waals surface area contributed by atoms with Gasteiger partial charge in [-0.25, -0.2) is 4.98 Å². The van der Waals surface area contributed by atoms with Crippen LogP contribution in [0.1, 0.15) is 19.8 Å². The second-order valence-electron chi connectivity index (χ2n) is 5.39. The van der Waals surface area contributed by atoms with Gasteiger partial charge in [0.15, 0.2) is 0 Å². The second-order valence-corrected chi connectivity index (χ2v) is 5.39. The Kier molecular flexibility index (Phi) is 6.69. The van der Waals surface area contributed by atoms with Crippen LogP contribution in [0.4, 0.5) is 11.8 Å². The maximum Gasteiger partial charge on any atom is 0.224 e. The molecule has 2 heterocycles. The van der Waals surface area contributed by atoms with Crippen molar-refractivity contribution in [3.8, 4) is 0 Å². The van der Waals surface area contributed by atoms with Gasteiger partial charge in [0.2, 0.25) is 5.95 Å². The Morgan fingerprint density at radius 3 is 2.95 bits per heavy atom. The van der Waals surface area contributed by atoms with Crippen LogP contribution >= 0.6 is 0 Å². The van der Waals surface area contributed by atoms with Crippen LogP contribution in [0.25, 0.3) is 0 Å². The SMILES string of the molecule is CCCCN(C)c1ccnc(NCCN2CCOCC2)n1. The van der Waals surface area contributed by atoms with Gasteiger partial charge in [0.1, 0.15) is 5.82 Å². The van der Waals surface area contributed by atoms with Gasteiger partial charge in [0.05, 0.1) is 13.2 Å². The van der Waals surface area contributed by atoms with Crippen LogP contribution in [0.5, 0.6) is 0 Å². The second kappa shape index (κ2) is 8.79. The fourth-order valence-electron chi connectivity index (χ4n) is 2.31. The minimum absolute atomic E-state index is 0.712. The van der Waals surface area contributed by atoms with Crippen molar-refractivity contribution >= 4 is 11.8 Å². The summed E-state index contributed by atoms with van der Waals surface area (Å²) in [5, 5.41) is 3.31. The zero-order chi connectivity index (χ0) is 14.9. The average molecular weight is 293 g/mol. The van der Waals surface area contributed by atoms with E-state index >= 15 is 0 Å². The molecular weight excluding hydrogens is 266 g/mol. The molecule has 0 spiro atoms. The van der Waals surface area contributed by atoms with E-state index in [4.69, 9.17) is 4.74 Å². The molecule has 21 heavy (non-hydrogen) atoms. The van der Waals surface area contributed by atoms with Gasteiger partial charge in [-0.2, -0.15) is 4.98 Å². The molecule has 0 aliphatic carbocycles. The first-order chi connectivity index (χ1) is 10.3. The highest BCUT2D eigenvalue weighted by atomic mass is 16.5. The monoisotopic (exact) mass is 293 g/mol. The minimum atomic E-state index is 0.712. The lowest BCUT2D eigenvalue weighted by Gasteiger charge is -2.26. The maximum absolute atomic E-state index is 5.35. The highest BCUT2D eigenvalue weighted by molar-refractivity contribution is 5.41. The van der Waals surface area contributed by atoms with Gasteiger partial charge in [0, 0.05) is 46.0 Å². The summed E-state index contributed by atoms with van der Waals surface area (Å²) >= 11 is 0. The summed E-state index contributed by atoms with van der Waals surface area (Å²) in [6.07, 6.45) is 4.20. The molecule has 0 amide bonds. The molecule has 1 N–H and O–H groups in total. The van der Waals surface area contributed by atoms with Crippen molar-refractivity contribution in [1.82, 2.24) is 14.9 Å². The number of aromatic nitrogens is 2. The molecule has 1 fully saturated rings. The topological polar surface area (TPSA) is 53.5 Å². The van der Waals surface area contributed by atoms with Crippen LogP contribution in [0.15, 0.2) is 12.3 Å². The standard InChI is InChI=1S/C15H27N5O/c1-3-4-8-19(2)14-5-6-16-15(18-14)17-7-9-20-10-12-21-13-11-20/h5-6H,3-4,7-13H2,1-2H3,(H,16,17,18). The summed E-state index contributed by atoms with van der Waals surface area (Å²) in [6.45, 7) is 8.81. The van der Waals surface area contributed by atoms with Gasteiger partial charge in [-0.05, 0) is 12.5 Å². The molecule has 0 bridgehead atoms. The quantitative estimate of drug-likeness (QED) is 0.783. The number of unbranched alkanes of at least 4 members (excludes halogenated alkanes) is 1. The van der Waals surface area contributed by atoms with Crippen LogP contribution in [0.3, 0.4) is 0 Å². The summed E-state index contributed by atoms with van der Waals surface area (Å²) in [7, 11) is 2.08. The van der Waals surface area contributed by atoms with Crippen molar-refractivity contribution in [3.05, 3.63) is 12.3 Å². The molecule has 1 aromatic rings. The highest BCUT2D eigenvalue weighted by Gasteiger charge is 2.10. The number of hydrogen-bond donors (Lipinski definition) is 1. The molecule has 0 unspecified atom stereocenters. The molecule has 1 aromatic heterocycles. The lowest BCUT2D eigenvalue weighted by Crippen LogP contribution is -2.39. The number of anilines is 2. The molecule has 0 atom stereocenters. The molecule has 118 valence electrons. The Labute approximate surface area is 127 Å². The molecule has 0 saturated carbocycles. The largest absolute Gasteiger partial charge is 0.379 e. The van der Waals surface area contributed by atoms with E-state index in [1.165, 1.54) is 12.8 Å². The Morgan fingerprint density at radius 1 is 1.38 bits per heavy atom. The molecule has 0 radical (unpaired) electrons. The zero-order valence-electron chi connectivity index (χ0n) is 13.2. The van der Waals surface area contributed by atoms with Gasteiger partial charge in [-0.1, -0.05) is 13.3 Å². The predicted molar refractivity (Wildman–Crippen MR) is 86.0 cm³/mol. The van der Waals surface area contributed by atoms with Crippen molar-refractivity contribution in [2.75, 3.05) is 63.2 Å². The van der Waals surface area contributed by atoms with Gasteiger partial charge >= 0.3 is 0 Å². The van der Waals surface area contributed by atoms with Gasteiger partial charge < -0.3 is 15.0 Å². The number of nitrogens with zero attached hydrogens (tertiary/aromatic N) is 4. The number of hydrogen-bond acceptors (Lipinski definition) is 6. The molecule has 1 aliphatic rings. The van der Waals surface area contributed by atoms with E-state index in [0.29, 0.717) is 5.95 Å². The van der Waals surface area contributed by atoms with Crippen molar-refractivity contribution in [2.45, 2.75) is 19.8 Å². The van der Waals surface area contributed by atoms with Crippen molar-refractivity contribution in [2.24, 2.45) is 0 Å². The lowest BCUT2D eigenvalue weighted by molar-refractivity contribution is 0.0398. The summed E-state index contributed by atoms with van der Waals surface area (Å²) in [5.74, 6) is 1.69. The Hall–Kier alpha value is -1.40. The summed E-state index contributed by atoms with van der Waals surface area (Å²) in [4.78, 5) is 13.4. The minimum Gasteiger partial charge on any atom is -0.379 e. The number of ether oxygens (including phenoxy) is 1. The zero-order valence-corrected chi connectivity index (χ0v) is 13.2. The van der Waals surface area contributed by atoms with E-state index in [-0.39, 0.29) is 0 Å². The molecule has 2 rings (SSSR count). The number of morpholine rings is 1. The third kappa shape index (κ3) is 5.47. The summed E-state index contributed by atoms with van der Waals surface area (Å²) in [6, 6.07) is 1.96. The molecule has 1 saturated heterocycles. The van der Waals surface area contributed by atoms with E-state index in [0.717, 1.165) is 51.8 Å². The van der Waals surface area contributed by atoms with Crippen molar-refractivity contribution in [1.29, 1.82) is 0 Å². The average Bonchev–Trinajstić information content (AvgIpc) is 2.54. The maximum atomic E-state index is 5.35. The van der Waals surface area contributed by atoms with Crippen LogP contribution in [-0.2, 0) is 4.74 Å². The first-order valence-corrected chi connectivity index (χ1v) is 7.87. The van der Waals surface area contributed by atoms with E-state index in [1.807, 2.05) is 12.3 Å². The first kappa shape index (κ1) is 16.0. The third-order valence-corrected chi connectivity index (χ3v) is 3.69. The molecule has 6 heteroatoms. The molecule has 0 aromatic carbocycles. The Bertz CT molecular complexity index is 409. The fourth-order valence-corrected chi connectivity index (χ4v) is 2.31. The number of rotatable bonds is 8. The van der Waals surface area contributed by atoms with E-state index in [1.54, 1.807) is 0 Å². The van der Waals surface area contributed by atoms with Crippen LogP contribution in [0, 0.1) is 0 Å². The van der Waals surface area contributed by atoms with Gasteiger partial charge in [-0.15, -0.1) is 0 Å². The summed E-state index contributed by atoms with van der Waals surface area (Å²) < 4.78 is 5.35. The van der Waals surface area contributed by atoms with Gasteiger partial charge in [-0.3, -0.25) is 4.90 Å². The molecule has 6 nitrogen and oxygen atoms in total. The normalized spacial score (nSPS) is 15.9. The van der Waals surface area contributed by atoms with E-state index in [9.17, 15) is 0 Å². The predicted octanol–water partition coefficient (Wildman–Crippen LogP) is 1.46. The van der Waals surface area contributed by atoms with Crippen molar-refractivity contribution in [3.63, 3.8) is 0 Å². The van der Waals surface area contributed by atoms with Crippen molar-refractivity contribution < 1.29 is 4.74 Å². The summed E-state index contributed by atoms with van der Waals surface area (Å²) in [5.41, 5.74) is 0. The molecular formula is C15H27N5O. The Balaban J connectivity index is 1.77. The Morgan fingerprint density at radius 2 is 2.19 bits per heavy atom. The third-order valence-electron chi connectivity index (χ3n) is 3.69. The van der Waals surface area contributed by atoms with Crippen LogP contribution in [0.2, 0.25) is 0 Å². The highest BCUT2D eigenvalue weighted by Crippen LogP contribution is 2.11. The van der Waals surface area contributed by atoms with Crippen LogP contribution < -0.4 is 10.2 Å². The smallest absolute Gasteiger partial charge is 0.224 e. The fraction of sp³-hybridized carbons (Fsp3) is 0.733. The number of nitrogens with one attached hydrogen (secondary N) is 1.